The molecule has 2 atom stereocenters. The predicted octanol–water partition coefficient (Wildman–Crippen LogP) is 2.29. The number of likely N-dealkylation sites (tertiary alicyclic amines) is 1. The summed E-state index contributed by atoms with van der Waals surface area (Å²) in [5, 5.41) is 0. The Bertz CT molecular complexity index is 608. The van der Waals surface area contributed by atoms with Crippen LogP contribution in [-0.2, 0) is 0 Å². The molecular weight excluding hydrogens is 306 g/mol. The van der Waals surface area contributed by atoms with Crippen molar-refractivity contribution in [3.63, 3.8) is 0 Å². The second-order valence-electron chi connectivity index (χ2n) is 5.43. The second-order valence-corrected chi connectivity index (χ2v) is 6.35. The van der Waals surface area contributed by atoms with Gasteiger partial charge in [-0.05, 0) is 47.9 Å². The van der Waals surface area contributed by atoms with Crippen LogP contribution in [0.2, 0.25) is 0 Å². The number of pyridine rings is 1. The van der Waals surface area contributed by atoms with E-state index in [0.29, 0.717) is 17.9 Å². The van der Waals surface area contributed by atoms with Gasteiger partial charge in [-0.2, -0.15) is 0 Å². The molecule has 2 N–H and O–H groups in total. The van der Waals surface area contributed by atoms with E-state index in [1.54, 1.807) is 6.20 Å². The molecule has 3 heterocycles. The third kappa shape index (κ3) is 2.23. The van der Waals surface area contributed by atoms with Crippen molar-refractivity contribution >= 4 is 33.0 Å². The van der Waals surface area contributed by atoms with Gasteiger partial charge in [0.1, 0.15) is 5.52 Å². The summed E-state index contributed by atoms with van der Waals surface area (Å²) in [6.45, 7) is 4.44. The molecule has 0 aliphatic carbocycles. The fourth-order valence-electron chi connectivity index (χ4n) is 3.03. The number of nitrogen functional groups attached to an aromatic ring is 1. The molecule has 6 heteroatoms. The summed E-state index contributed by atoms with van der Waals surface area (Å²) < 4.78 is 3.04. The summed E-state index contributed by atoms with van der Waals surface area (Å²) in [4.78, 5) is 11.3. The molecule has 0 amide bonds. The van der Waals surface area contributed by atoms with Crippen molar-refractivity contribution < 1.29 is 0 Å². The zero-order valence-corrected chi connectivity index (χ0v) is 12.8. The van der Waals surface area contributed by atoms with Gasteiger partial charge in [-0.25, -0.2) is 9.97 Å². The first-order valence-electron chi connectivity index (χ1n) is 6.53. The van der Waals surface area contributed by atoms with E-state index in [2.05, 4.69) is 49.3 Å². The molecule has 2 unspecified atom stereocenters. The van der Waals surface area contributed by atoms with Crippen LogP contribution >= 0.6 is 15.9 Å². The molecule has 5 nitrogen and oxygen atoms in total. The van der Waals surface area contributed by atoms with Gasteiger partial charge in [-0.1, -0.05) is 6.92 Å². The Morgan fingerprint density at radius 1 is 1.47 bits per heavy atom. The molecule has 0 spiro atoms. The maximum Gasteiger partial charge on any atom is 0.202 e. The Morgan fingerprint density at radius 3 is 3.00 bits per heavy atom. The monoisotopic (exact) mass is 323 g/mol. The van der Waals surface area contributed by atoms with Crippen LogP contribution in [0.1, 0.15) is 19.4 Å². The zero-order valence-electron chi connectivity index (χ0n) is 11.2. The number of fused-ring (bicyclic) bond motifs is 1. The number of halogens is 1. The fourth-order valence-corrected chi connectivity index (χ4v) is 3.35. The first kappa shape index (κ1) is 12.9. The van der Waals surface area contributed by atoms with E-state index in [0.717, 1.165) is 35.1 Å². The number of hydrogen-bond acceptors (Lipinski definition) is 4. The van der Waals surface area contributed by atoms with Crippen LogP contribution in [0.15, 0.2) is 16.7 Å². The van der Waals surface area contributed by atoms with E-state index in [1.807, 2.05) is 6.07 Å². The highest BCUT2D eigenvalue weighted by atomic mass is 79.9. The molecule has 2 aromatic rings. The predicted molar refractivity (Wildman–Crippen MR) is 80.0 cm³/mol. The summed E-state index contributed by atoms with van der Waals surface area (Å²) in [5.74, 6) is 1.12. The maximum atomic E-state index is 6.11. The van der Waals surface area contributed by atoms with Crippen molar-refractivity contribution in [2.45, 2.75) is 19.4 Å². The van der Waals surface area contributed by atoms with E-state index in [9.17, 15) is 0 Å². The van der Waals surface area contributed by atoms with E-state index in [1.165, 1.54) is 0 Å². The summed E-state index contributed by atoms with van der Waals surface area (Å²) in [5.41, 5.74) is 7.86. The smallest absolute Gasteiger partial charge is 0.202 e. The number of piperidine rings is 1. The lowest BCUT2D eigenvalue weighted by Gasteiger charge is -2.35. The molecule has 1 aliphatic rings. The molecule has 0 aromatic carbocycles. The molecule has 2 aromatic heterocycles. The molecule has 0 bridgehead atoms. The molecule has 0 radical (unpaired) electrons. The Labute approximate surface area is 120 Å². The molecule has 102 valence electrons. The maximum absolute atomic E-state index is 6.11. The van der Waals surface area contributed by atoms with Gasteiger partial charge in [-0.3, -0.25) is 4.57 Å². The molecule has 3 rings (SSSR count). The average molecular weight is 324 g/mol. The highest BCUT2D eigenvalue weighted by molar-refractivity contribution is 9.10. The molecule has 1 fully saturated rings. The van der Waals surface area contributed by atoms with E-state index in [4.69, 9.17) is 5.73 Å². The molecule has 1 saturated heterocycles. The minimum atomic E-state index is 0.384. The lowest BCUT2D eigenvalue weighted by Crippen LogP contribution is -2.38. The van der Waals surface area contributed by atoms with Crippen molar-refractivity contribution in [3.8, 4) is 0 Å². The summed E-state index contributed by atoms with van der Waals surface area (Å²) in [7, 11) is 2.16. The van der Waals surface area contributed by atoms with Gasteiger partial charge in [0.05, 0.1) is 0 Å². The summed E-state index contributed by atoms with van der Waals surface area (Å²) in [6, 6.07) is 2.35. The number of anilines is 1. The SMILES string of the molecule is CC1CN(C)CCC1n1c(N)nc2cc(Br)cnc21. The Kier molecular flexibility index (Phi) is 3.22. The van der Waals surface area contributed by atoms with Crippen LogP contribution in [0.5, 0.6) is 0 Å². The number of nitrogens with two attached hydrogens (primary N) is 1. The minimum absolute atomic E-state index is 0.384. The summed E-state index contributed by atoms with van der Waals surface area (Å²) in [6.07, 6.45) is 2.89. The quantitative estimate of drug-likeness (QED) is 0.874. The number of nitrogens with zero attached hydrogens (tertiary/aromatic N) is 4. The first-order chi connectivity index (χ1) is 9.06. The largest absolute Gasteiger partial charge is 0.369 e. The van der Waals surface area contributed by atoms with Gasteiger partial charge < -0.3 is 10.6 Å². The van der Waals surface area contributed by atoms with Crippen LogP contribution in [0, 0.1) is 5.92 Å². The lowest BCUT2D eigenvalue weighted by atomic mass is 9.94. The highest BCUT2D eigenvalue weighted by Crippen LogP contribution is 2.32. The van der Waals surface area contributed by atoms with E-state index >= 15 is 0 Å². The Hall–Kier alpha value is -1.14. The molecular formula is C13H18BrN5. The van der Waals surface area contributed by atoms with Gasteiger partial charge in [-0.15, -0.1) is 0 Å². The van der Waals surface area contributed by atoms with E-state index < -0.39 is 0 Å². The number of imidazole rings is 1. The Morgan fingerprint density at radius 2 is 2.26 bits per heavy atom. The van der Waals surface area contributed by atoms with Crippen LogP contribution in [0.4, 0.5) is 5.95 Å². The van der Waals surface area contributed by atoms with Crippen molar-refractivity contribution in [3.05, 3.63) is 16.7 Å². The third-order valence-corrected chi connectivity index (χ3v) is 4.35. The van der Waals surface area contributed by atoms with Crippen molar-refractivity contribution in [2.24, 2.45) is 5.92 Å². The average Bonchev–Trinajstić information content (AvgIpc) is 2.65. The summed E-state index contributed by atoms with van der Waals surface area (Å²) >= 11 is 3.42. The number of aromatic nitrogens is 3. The molecule has 0 saturated carbocycles. The van der Waals surface area contributed by atoms with Crippen LogP contribution in [0.25, 0.3) is 11.2 Å². The minimum Gasteiger partial charge on any atom is -0.369 e. The lowest BCUT2D eigenvalue weighted by molar-refractivity contribution is 0.162. The number of rotatable bonds is 1. The normalized spacial score (nSPS) is 25.0. The topological polar surface area (TPSA) is 60.0 Å². The van der Waals surface area contributed by atoms with Gasteiger partial charge in [0.2, 0.25) is 5.95 Å². The Balaban J connectivity index is 2.07. The van der Waals surface area contributed by atoms with Crippen LogP contribution in [-0.4, -0.2) is 39.6 Å². The van der Waals surface area contributed by atoms with Crippen molar-refractivity contribution in [1.29, 1.82) is 0 Å². The fraction of sp³-hybridized carbons (Fsp3) is 0.538. The molecule has 19 heavy (non-hydrogen) atoms. The second kappa shape index (κ2) is 4.76. The van der Waals surface area contributed by atoms with Crippen LogP contribution in [0.3, 0.4) is 0 Å². The first-order valence-corrected chi connectivity index (χ1v) is 7.33. The van der Waals surface area contributed by atoms with Gasteiger partial charge in [0, 0.05) is 23.3 Å². The van der Waals surface area contributed by atoms with Gasteiger partial charge >= 0.3 is 0 Å². The zero-order chi connectivity index (χ0) is 13.6. The molecule has 1 aliphatic heterocycles. The van der Waals surface area contributed by atoms with E-state index in [-0.39, 0.29) is 0 Å². The van der Waals surface area contributed by atoms with Crippen molar-refractivity contribution in [2.75, 3.05) is 25.9 Å². The van der Waals surface area contributed by atoms with Gasteiger partial charge in [0.25, 0.3) is 0 Å². The highest BCUT2D eigenvalue weighted by Gasteiger charge is 2.28. The third-order valence-electron chi connectivity index (χ3n) is 3.92. The van der Waals surface area contributed by atoms with Crippen LogP contribution < -0.4 is 5.73 Å². The van der Waals surface area contributed by atoms with Gasteiger partial charge in [0.15, 0.2) is 5.65 Å². The number of hydrogen-bond donors (Lipinski definition) is 1. The standard InChI is InChI=1S/C13H18BrN5/c1-8-7-18(2)4-3-11(8)19-12-10(17-13(19)15)5-9(14)6-16-12/h5-6,8,11H,3-4,7H2,1-2H3,(H2,15,17). The van der Waals surface area contributed by atoms with Crippen molar-refractivity contribution in [1.82, 2.24) is 19.4 Å².